The van der Waals surface area contributed by atoms with Crippen molar-refractivity contribution < 1.29 is 4.74 Å². The molecule has 7 heteroatoms. The van der Waals surface area contributed by atoms with E-state index < -0.39 is 0 Å². The molecular formula is C12H19BrN4O2. The molecule has 0 spiro atoms. The molecule has 1 saturated heterocycles. The Kier molecular flexibility index (Phi) is 4.95. The largest absolute Gasteiger partial charge is 0.383 e. The number of halogens is 1. The molecule has 19 heavy (non-hydrogen) atoms. The lowest BCUT2D eigenvalue weighted by atomic mass is 10.3. The summed E-state index contributed by atoms with van der Waals surface area (Å²) in [6.45, 7) is 2.78. The lowest BCUT2D eigenvalue weighted by molar-refractivity contribution is 0.181. The van der Waals surface area contributed by atoms with Crippen LogP contribution in [0.5, 0.6) is 0 Å². The third-order valence-electron chi connectivity index (χ3n) is 3.41. The standard InChI is InChI=1S/C12H19BrN4O2/c1-14-9-3-4-16(8-9)10-7-15-17(5-6-19-2)12(18)11(10)13/h7,9,14H,3-6,8H2,1-2H3. The molecular weight excluding hydrogens is 312 g/mol. The number of methoxy groups -OCH3 is 1. The predicted octanol–water partition coefficient (Wildman–Crippen LogP) is 0.450. The molecule has 2 rings (SSSR count). The van der Waals surface area contributed by atoms with Gasteiger partial charge in [0, 0.05) is 26.2 Å². The van der Waals surface area contributed by atoms with Gasteiger partial charge >= 0.3 is 0 Å². The minimum atomic E-state index is -0.109. The minimum Gasteiger partial charge on any atom is -0.383 e. The molecule has 106 valence electrons. The topological polar surface area (TPSA) is 59.4 Å². The molecule has 0 aliphatic carbocycles. The van der Waals surface area contributed by atoms with Crippen LogP contribution < -0.4 is 15.8 Å². The highest BCUT2D eigenvalue weighted by Crippen LogP contribution is 2.25. The van der Waals surface area contributed by atoms with Crippen molar-refractivity contribution >= 4 is 21.6 Å². The van der Waals surface area contributed by atoms with Crippen LogP contribution in [0.1, 0.15) is 6.42 Å². The molecule has 2 heterocycles. The molecule has 1 aliphatic rings. The number of nitrogens with one attached hydrogen (secondary N) is 1. The van der Waals surface area contributed by atoms with Crippen LogP contribution in [0.3, 0.4) is 0 Å². The molecule has 1 unspecified atom stereocenters. The lowest BCUT2D eigenvalue weighted by Gasteiger charge is -2.20. The van der Waals surface area contributed by atoms with E-state index in [4.69, 9.17) is 4.74 Å². The zero-order valence-corrected chi connectivity index (χ0v) is 12.8. The molecule has 0 bridgehead atoms. The molecule has 1 atom stereocenters. The van der Waals surface area contributed by atoms with Crippen molar-refractivity contribution in [3.05, 3.63) is 21.0 Å². The molecule has 1 N–H and O–H groups in total. The van der Waals surface area contributed by atoms with E-state index in [0.29, 0.717) is 23.7 Å². The lowest BCUT2D eigenvalue weighted by Crippen LogP contribution is -2.32. The molecule has 1 fully saturated rings. The molecule has 0 aromatic carbocycles. The molecule has 6 nitrogen and oxygen atoms in total. The second-order valence-corrected chi connectivity index (χ2v) is 5.38. The van der Waals surface area contributed by atoms with E-state index in [1.165, 1.54) is 4.68 Å². The van der Waals surface area contributed by atoms with Gasteiger partial charge in [-0.3, -0.25) is 4.79 Å². The third-order valence-corrected chi connectivity index (χ3v) is 4.16. The Labute approximate surface area is 120 Å². The molecule has 1 aromatic rings. The third kappa shape index (κ3) is 3.16. The van der Waals surface area contributed by atoms with E-state index in [1.54, 1.807) is 13.3 Å². The maximum absolute atomic E-state index is 12.2. The summed E-state index contributed by atoms with van der Waals surface area (Å²) in [5.41, 5.74) is 0.763. The number of rotatable bonds is 5. The number of ether oxygens (including phenoxy) is 1. The normalized spacial score (nSPS) is 19.1. The van der Waals surface area contributed by atoms with Gasteiger partial charge < -0.3 is 15.0 Å². The van der Waals surface area contributed by atoms with Gasteiger partial charge in [0.15, 0.2) is 0 Å². The van der Waals surface area contributed by atoms with Gasteiger partial charge in [-0.15, -0.1) is 0 Å². The van der Waals surface area contributed by atoms with Crippen molar-refractivity contribution in [2.75, 3.05) is 38.8 Å². The zero-order valence-electron chi connectivity index (χ0n) is 11.2. The number of hydrogen-bond donors (Lipinski definition) is 1. The van der Waals surface area contributed by atoms with Crippen LogP contribution in [-0.2, 0) is 11.3 Å². The maximum Gasteiger partial charge on any atom is 0.283 e. The first kappa shape index (κ1) is 14.5. The van der Waals surface area contributed by atoms with Crippen molar-refractivity contribution in [3.63, 3.8) is 0 Å². The highest BCUT2D eigenvalue weighted by atomic mass is 79.9. The van der Waals surface area contributed by atoms with Crippen molar-refractivity contribution in [2.24, 2.45) is 0 Å². The zero-order chi connectivity index (χ0) is 13.8. The predicted molar refractivity (Wildman–Crippen MR) is 77.8 cm³/mol. The fourth-order valence-corrected chi connectivity index (χ4v) is 2.79. The van der Waals surface area contributed by atoms with E-state index in [2.05, 4.69) is 31.2 Å². The van der Waals surface area contributed by atoms with E-state index in [9.17, 15) is 4.79 Å². The van der Waals surface area contributed by atoms with Crippen LogP contribution in [0, 0.1) is 0 Å². The van der Waals surface area contributed by atoms with Crippen molar-refractivity contribution in [2.45, 2.75) is 19.0 Å². The van der Waals surface area contributed by atoms with Gasteiger partial charge in [0.25, 0.3) is 5.56 Å². The first-order valence-corrected chi connectivity index (χ1v) is 7.13. The summed E-state index contributed by atoms with van der Waals surface area (Å²) < 4.78 is 6.96. The second kappa shape index (κ2) is 6.49. The van der Waals surface area contributed by atoms with Crippen LogP contribution in [0.15, 0.2) is 15.5 Å². The van der Waals surface area contributed by atoms with E-state index >= 15 is 0 Å². The molecule has 1 aromatic heterocycles. The molecule has 0 amide bonds. The highest BCUT2D eigenvalue weighted by molar-refractivity contribution is 9.10. The van der Waals surface area contributed by atoms with Crippen LogP contribution in [-0.4, -0.2) is 49.7 Å². The summed E-state index contributed by atoms with van der Waals surface area (Å²) in [6, 6.07) is 0.475. The van der Waals surface area contributed by atoms with Crippen LogP contribution in [0.25, 0.3) is 0 Å². The highest BCUT2D eigenvalue weighted by Gasteiger charge is 2.24. The van der Waals surface area contributed by atoms with Crippen molar-refractivity contribution in [1.82, 2.24) is 15.1 Å². The van der Waals surface area contributed by atoms with Crippen LogP contribution in [0.4, 0.5) is 5.69 Å². The number of nitrogens with zero attached hydrogens (tertiary/aromatic N) is 3. The SMILES string of the molecule is CNC1CCN(c2cnn(CCOC)c(=O)c2Br)C1. The summed E-state index contributed by atoms with van der Waals surface area (Å²) >= 11 is 3.40. The summed E-state index contributed by atoms with van der Waals surface area (Å²) in [7, 11) is 3.57. The fraction of sp³-hybridized carbons (Fsp3) is 0.667. The van der Waals surface area contributed by atoms with Gasteiger partial charge in [-0.25, -0.2) is 4.68 Å². The Balaban J connectivity index is 2.19. The molecule has 0 saturated carbocycles. The summed E-state index contributed by atoms with van der Waals surface area (Å²) in [6.07, 6.45) is 2.83. The molecule has 1 aliphatic heterocycles. The average molecular weight is 331 g/mol. The summed E-state index contributed by atoms with van der Waals surface area (Å²) in [5.74, 6) is 0. The Morgan fingerprint density at radius 3 is 3.05 bits per heavy atom. The molecule has 0 radical (unpaired) electrons. The Hall–Kier alpha value is -0.920. The van der Waals surface area contributed by atoms with Gasteiger partial charge in [-0.05, 0) is 29.4 Å². The van der Waals surface area contributed by atoms with Crippen LogP contribution in [0.2, 0.25) is 0 Å². The fourth-order valence-electron chi connectivity index (χ4n) is 2.23. The van der Waals surface area contributed by atoms with Gasteiger partial charge in [-0.1, -0.05) is 0 Å². The van der Waals surface area contributed by atoms with E-state index in [0.717, 1.165) is 25.2 Å². The van der Waals surface area contributed by atoms with Gasteiger partial charge in [0.2, 0.25) is 0 Å². The Morgan fingerprint density at radius 1 is 1.63 bits per heavy atom. The summed E-state index contributed by atoms with van der Waals surface area (Å²) in [5, 5.41) is 7.46. The first-order valence-electron chi connectivity index (χ1n) is 6.34. The van der Waals surface area contributed by atoms with Gasteiger partial charge in [0.1, 0.15) is 4.47 Å². The first-order chi connectivity index (χ1) is 9.17. The smallest absolute Gasteiger partial charge is 0.283 e. The number of likely N-dealkylation sites (N-methyl/N-ethyl adjacent to an activating group) is 1. The van der Waals surface area contributed by atoms with Gasteiger partial charge in [0.05, 0.1) is 25.0 Å². The van der Waals surface area contributed by atoms with Crippen LogP contribution >= 0.6 is 15.9 Å². The van der Waals surface area contributed by atoms with E-state index in [-0.39, 0.29) is 5.56 Å². The minimum absolute atomic E-state index is 0.109. The van der Waals surface area contributed by atoms with Gasteiger partial charge in [-0.2, -0.15) is 5.10 Å². The number of anilines is 1. The monoisotopic (exact) mass is 330 g/mol. The van der Waals surface area contributed by atoms with E-state index in [1.807, 2.05) is 7.05 Å². The maximum atomic E-state index is 12.2. The number of aromatic nitrogens is 2. The average Bonchev–Trinajstić information content (AvgIpc) is 2.89. The Morgan fingerprint density at radius 2 is 2.42 bits per heavy atom. The second-order valence-electron chi connectivity index (χ2n) is 4.59. The summed E-state index contributed by atoms with van der Waals surface area (Å²) in [4.78, 5) is 14.3. The number of hydrogen-bond acceptors (Lipinski definition) is 5. The quantitative estimate of drug-likeness (QED) is 0.849. The van der Waals surface area contributed by atoms with Crippen molar-refractivity contribution in [3.8, 4) is 0 Å². The Bertz CT molecular complexity index is 491. The van der Waals surface area contributed by atoms with Crippen molar-refractivity contribution in [1.29, 1.82) is 0 Å².